The van der Waals surface area contributed by atoms with Gasteiger partial charge in [-0.3, -0.25) is 9.59 Å². The van der Waals surface area contributed by atoms with E-state index < -0.39 is 12.1 Å². The summed E-state index contributed by atoms with van der Waals surface area (Å²) in [6.07, 6.45) is -1.13. The number of nitrogens with two attached hydrogens (primary N) is 1. The number of nitrogens with one attached hydrogen (secondary N) is 1. The zero-order valence-corrected chi connectivity index (χ0v) is 22.1. The number of aliphatic imine (C=N–C) groups is 1. The first kappa shape index (κ1) is 31.1. The zero-order chi connectivity index (χ0) is 29.2. The largest absolute Gasteiger partial charge is 0.490 e. The molecule has 1 atom stereocenters. The van der Waals surface area contributed by atoms with Gasteiger partial charge in [0.1, 0.15) is 5.84 Å². The molecule has 210 valence electrons. The van der Waals surface area contributed by atoms with Gasteiger partial charge in [0.25, 0.3) is 5.91 Å². The number of halogens is 3. The van der Waals surface area contributed by atoms with E-state index in [1.807, 2.05) is 54.3 Å². The second kappa shape index (κ2) is 14.1. The fraction of sp³-hybridized carbons (Fsp3) is 0.357. The van der Waals surface area contributed by atoms with Crippen molar-refractivity contribution in [3.8, 4) is 0 Å². The van der Waals surface area contributed by atoms with Gasteiger partial charge in [0.2, 0.25) is 5.91 Å². The van der Waals surface area contributed by atoms with Crippen LogP contribution in [0.1, 0.15) is 67.6 Å². The monoisotopic (exact) mass is 546 g/mol. The topological polar surface area (TPSA) is 125 Å². The highest BCUT2D eigenvalue weighted by Crippen LogP contribution is 2.29. The zero-order valence-electron chi connectivity index (χ0n) is 22.1. The lowest BCUT2D eigenvalue weighted by Crippen LogP contribution is -2.34. The smallest absolute Gasteiger partial charge is 0.475 e. The number of nitrogens with zero attached hydrogens (tertiary/aromatic N) is 2. The van der Waals surface area contributed by atoms with E-state index in [4.69, 9.17) is 15.6 Å². The molecule has 0 saturated carbocycles. The third-order valence-electron chi connectivity index (χ3n) is 5.70. The van der Waals surface area contributed by atoms with Crippen molar-refractivity contribution in [2.45, 2.75) is 52.3 Å². The van der Waals surface area contributed by atoms with Gasteiger partial charge < -0.3 is 21.1 Å². The molecule has 0 saturated heterocycles. The molecule has 2 aromatic rings. The average Bonchev–Trinajstić information content (AvgIpc) is 3.05. The molecule has 1 aliphatic heterocycles. The van der Waals surface area contributed by atoms with Gasteiger partial charge in [-0.05, 0) is 43.5 Å². The highest BCUT2D eigenvalue weighted by Gasteiger charge is 2.38. The Kier molecular flexibility index (Phi) is 11.3. The second-order valence-corrected chi connectivity index (χ2v) is 8.92. The summed E-state index contributed by atoms with van der Waals surface area (Å²) < 4.78 is 31.7. The van der Waals surface area contributed by atoms with Gasteiger partial charge in [-0.2, -0.15) is 13.2 Å². The van der Waals surface area contributed by atoms with Crippen LogP contribution in [0.5, 0.6) is 0 Å². The molecule has 8 nitrogen and oxygen atoms in total. The van der Waals surface area contributed by atoms with Crippen LogP contribution in [0.25, 0.3) is 6.08 Å². The van der Waals surface area contributed by atoms with Crippen LogP contribution in [0.4, 0.5) is 18.9 Å². The van der Waals surface area contributed by atoms with E-state index in [9.17, 15) is 22.8 Å². The maximum atomic E-state index is 13.1. The van der Waals surface area contributed by atoms with Gasteiger partial charge in [0.05, 0.1) is 11.7 Å². The van der Waals surface area contributed by atoms with Crippen LogP contribution in [0.2, 0.25) is 0 Å². The molecular weight excluding hydrogens is 513 g/mol. The third kappa shape index (κ3) is 9.27. The standard InChI is InChI=1S/C26H32N4O2.C2HF3O2/c1-4-13-30(14-5-2)26(32)22-15-20-11-12-21(16-23(20)29-24(27)17-22)25(31)28-18(3)19-9-7-6-8-10-19;3-2(4,5)1(6)7/h6-12,15-16,18H,4-5,13-14,17H2,1-3H3,(H2,27,29)(H,28,31);(H,6,7)/t18-;/m1./s1. The van der Waals surface area contributed by atoms with Crippen molar-refractivity contribution in [3.63, 3.8) is 0 Å². The lowest BCUT2D eigenvalue weighted by atomic mass is 10.0. The minimum absolute atomic E-state index is 0.00166. The molecule has 2 amide bonds. The molecule has 0 spiro atoms. The molecule has 4 N–H and O–H groups in total. The second-order valence-electron chi connectivity index (χ2n) is 8.92. The molecule has 1 heterocycles. The normalized spacial score (nSPS) is 13.4. The van der Waals surface area contributed by atoms with Crippen molar-refractivity contribution in [1.29, 1.82) is 0 Å². The Morgan fingerprint density at radius 3 is 2.21 bits per heavy atom. The van der Waals surface area contributed by atoms with Crippen molar-refractivity contribution in [1.82, 2.24) is 10.2 Å². The predicted molar refractivity (Wildman–Crippen MR) is 143 cm³/mol. The van der Waals surface area contributed by atoms with E-state index in [1.165, 1.54) is 0 Å². The first-order valence-electron chi connectivity index (χ1n) is 12.5. The molecule has 39 heavy (non-hydrogen) atoms. The van der Waals surface area contributed by atoms with Crippen LogP contribution in [-0.2, 0) is 9.59 Å². The lowest BCUT2D eigenvalue weighted by Gasteiger charge is -2.22. The SMILES string of the molecule is CCCN(CCC)C(=O)C1=Cc2ccc(C(=O)N[C@H](C)c3ccccc3)cc2N=C(N)C1.O=C(O)C(F)(F)F. The fourth-order valence-electron chi connectivity index (χ4n) is 3.83. The van der Waals surface area contributed by atoms with Crippen LogP contribution >= 0.6 is 0 Å². The quantitative estimate of drug-likeness (QED) is 0.418. The molecule has 0 aromatic heterocycles. The minimum Gasteiger partial charge on any atom is -0.475 e. The van der Waals surface area contributed by atoms with Crippen molar-refractivity contribution in [2.75, 3.05) is 13.1 Å². The first-order chi connectivity index (χ1) is 18.4. The van der Waals surface area contributed by atoms with E-state index in [-0.39, 0.29) is 17.9 Å². The van der Waals surface area contributed by atoms with Gasteiger partial charge >= 0.3 is 12.1 Å². The van der Waals surface area contributed by atoms with Crippen molar-refractivity contribution in [2.24, 2.45) is 10.7 Å². The number of hydrogen-bond donors (Lipinski definition) is 3. The Morgan fingerprint density at radius 1 is 1.08 bits per heavy atom. The molecule has 0 aliphatic carbocycles. The Morgan fingerprint density at radius 2 is 1.67 bits per heavy atom. The minimum atomic E-state index is -5.08. The number of amidine groups is 1. The highest BCUT2D eigenvalue weighted by atomic mass is 19.4. The molecule has 0 fully saturated rings. The Labute approximate surface area is 225 Å². The van der Waals surface area contributed by atoms with Crippen LogP contribution in [0, 0.1) is 0 Å². The number of benzene rings is 2. The Hall–Kier alpha value is -4.15. The van der Waals surface area contributed by atoms with E-state index in [0.717, 1.165) is 24.0 Å². The number of hydrogen-bond acceptors (Lipinski definition) is 5. The van der Waals surface area contributed by atoms with Gasteiger partial charge in [-0.15, -0.1) is 0 Å². The van der Waals surface area contributed by atoms with Crippen LogP contribution < -0.4 is 11.1 Å². The molecule has 0 radical (unpaired) electrons. The summed E-state index contributed by atoms with van der Waals surface area (Å²) >= 11 is 0. The van der Waals surface area contributed by atoms with Gasteiger partial charge in [-0.1, -0.05) is 50.2 Å². The summed E-state index contributed by atoms with van der Waals surface area (Å²) in [5.74, 6) is -2.57. The number of carbonyl (C=O) groups excluding carboxylic acids is 2. The molecule has 2 aromatic carbocycles. The maximum absolute atomic E-state index is 13.1. The number of carboxylic acid groups (broad SMARTS) is 1. The average molecular weight is 547 g/mol. The summed E-state index contributed by atoms with van der Waals surface area (Å²) in [4.78, 5) is 41.2. The number of fused-ring (bicyclic) bond motifs is 1. The predicted octanol–water partition coefficient (Wildman–Crippen LogP) is 5.24. The number of carbonyl (C=O) groups is 3. The molecule has 0 bridgehead atoms. The van der Waals surface area contributed by atoms with E-state index in [2.05, 4.69) is 24.2 Å². The van der Waals surface area contributed by atoms with Crippen molar-refractivity contribution < 1.29 is 32.7 Å². The summed E-state index contributed by atoms with van der Waals surface area (Å²) in [6, 6.07) is 15.0. The number of amides is 2. The number of aliphatic carboxylic acids is 1. The molecular formula is C28H33F3N4O4. The van der Waals surface area contributed by atoms with Crippen molar-refractivity contribution in [3.05, 3.63) is 70.8 Å². The maximum Gasteiger partial charge on any atom is 0.490 e. The van der Waals surface area contributed by atoms with E-state index in [0.29, 0.717) is 42.2 Å². The summed E-state index contributed by atoms with van der Waals surface area (Å²) in [6.45, 7) is 7.51. The highest BCUT2D eigenvalue weighted by molar-refractivity contribution is 6.06. The molecule has 0 unspecified atom stereocenters. The van der Waals surface area contributed by atoms with Crippen LogP contribution in [0.3, 0.4) is 0 Å². The third-order valence-corrected chi connectivity index (χ3v) is 5.70. The van der Waals surface area contributed by atoms with Gasteiger partial charge in [0.15, 0.2) is 0 Å². The van der Waals surface area contributed by atoms with Crippen LogP contribution in [0.15, 0.2) is 59.1 Å². The van der Waals surface area contributed by atoms with Gasteiger partial charge in [-0.25, -0.2) is 9.79 Å². The molecule has 3 rings (SSSR count). The number of alkyl halides is 3. The van der Waals surface area contributed by atoms with Crippen LogP contribution in [-0.4, -0.2) is 52.9 Å². The number of carboxylic acids is 1. The van der Waals surface area contributed by atoms with Crippen molar-refractivity contribution >= 4 is 35.4 Å². The molecule has 1 aliphatic rings. The van der Waals surface area contributed by atoms with E-state index >= 15 is 0 Å². The summed E-state index contributed by atoms with van der Waals surface area (Å²) in [7, 11) is 0. The number of rotatable bonds is 8. The molecule has 11 heteroatoms. The summed E-state index contributed by atoms with van der Waals surface area (Å²) in [5, 5.41) is 10.1. The lowest BCUT2D eigenvalue weighted by molar-refractivity contribution is -0.192. The first-order valence-corrected chi connectivity index (χ1v) is 12.5. The van der Waals surface area contributed by atoms with Gasteiger partial charge in [0, 0.05) is 36.2 Å². The fourth-order valence-corrected chi connectivity index (χ4v) is 3.83. The Balaban J connectivity index is 0.000000673. The summed E-state index contributed by atoms with van der Waals surface area (Å²) in [5.41, 5.74) is 9.70. The van der Waals surface area contributed by atoms with E-state index in [1.54, 1.807) is 12.1 Å². The Bertz CT molecular complexity index is 1220.